The first kappa shape index (κ1) is 13.3. The van der Waals surface area contributed by atoms with Gasteiger partial charge in [0, 0.05) is 16.5 Å². The first-order chi connectivity index (χ1) is 8.56. The molecule has 0 radical (unpaired) electrons. The molecule has 1 N–H and O–H groups in total. The van der Waals surface area contributed by atoms with Crippen LogP contribution in [0.2, 0.25) is 10.0 Å². The van der Waals surface area contributed by atoms with Gasteiger partial charge in [0.2, 0.25) is 0 Å². The van der Waals surface area contributed by atoms with Crippen LogP contribution in [0.5, 0.6) is 0 Å². The van der Waals surface area contributed by atoms with E-state index in [-0.39, 0.29) is 6.42 Å². The monoisotopic (exact) mass is 284 g/mol. The van der Waals surface area contributed by atoms with Gasteiger partial charge in [-0.3, -0.25) is 0 Å². The average Bonchev–Trinajstić information content (AvgIpc) is 2.32. The van der Waals surface area contributed by atoms with Crippen molar-refractivity contribution in [1.82, 2.24) is 0 Å². The summed E-state index contributed by atoms with van der Waals surface area (Å²) in [4.78, 5) is 0. The standard InChI is InChI=1S/C14H11Cl2FO/c15-11-3-1-2-10(6-11)14(18)7-9-4-5-12(16)8-13(9)17/h1-6,8,14,18H,7H2. The van der Waals surface area contributed by atoms with Crippen LogP contribution in [0.15, 0.2) is 42.5 Å². The van der Waals surface area contributed by atoms with E-state index in [2.05, 4.69) is 0 Å². The molecule has 94 valence electrons. The van der Waals surface area contributed by atoms with E-state index < -0.39 is 11.9 Å². The number of halogens is 3. The van der Waals surface area contributed by atoms with E-state index in [1.807, 2.05) is 0 Å². The lowest BCUT2D eigenvalue weighted by molar-refractivity contribution is 0.177. The average molecular weight is 285 g/mol. The molecule has 2 rings (SSSR count). The zero-order valence-electron chi connectivity index (χ0n) is 9.41. The summed E-state index contributed by atoms with van der Waals surface area (Å²) in [5.74, 6) is -0.413. The van der Waals surface area contributed by atoms with Crippen molar-refractivity contribution < 1.29 is 9.50 Å². The van der Waals surface area contributed by atoms with Crippen molar-refractivity contribution in [2.75, 3.05) is 0 Å². The van der Waals surface area contributed by atoms with E-state index in [1.54, 1.807) is 36.4 Å². The Morgan fingerprint density at radius 3 is 2.44 bits per heavy atom. The summed E-state index contributed by atoms with van der Waals surface area (Å²) in [7, 11) is 0. The van der Waals surface area contributed by atoms with Crippen LogP contribution in [0.4, 0.5) is 4.39 Å². The quantitative estimate of drug-likeness (QED) is 0.885. The first-order valence-corrected chi connectivity index (χ1v) is 6.19. The maximum atomic E-state index is 13.6. The number of hydrogen-bond donors (Lipinski definition) is 1. The third-order valence-corrected chi connectivity index (χ3v) is 3.13. The largest absolute Gasteiger partial charge is 0.388 e. The molecule has 1 unspecified atom stereocenters. The maximum Gasteiger partial charge on any atom is 0.127 e. The Labute approximate surface area is 115 Å². The summed E-state index contributed by atoms with van der Waals surface area (Å²) in [5.41, 5.74) is 1.09. The third-order valence-electron chi connectivity index (χ3n) is 2.66. The fraction of sp³-hybridized carbons (Fsp3) is 0.143. The molecule has 1 nitrogen and oxygen atoms in total. The van der Waals surface area contributed by atoms with Gasteiger partial charge < -0.3 is 5.11 Å². The van der Waals surface area contributed by atoms with E-state index >= 15 is 0 Å². The molecule has 0 amide bonds. The predicted molar refractivity (Wildman–Crippen MR) is 71.5 cm³/mol. The van der Waals surface area contributed by atoms with Gasteiger partial charge in [-0.15, -0.1) is 0 Å². The summed E-state index contributed by atoms with van der Waals surface area (Å²) in [6.07, 6.45) is -0.608. The molecule has 0 heterocycles. The minimum atomic E-state index is -0.792. The van der Waals surface area contributed by atoms with Gasteiger partial charge in [0.15, 0.2) is 0 Å². The van der Waals surface area contributed by atoms with Crippen molar-refractivity contribution >= 4 is 23.2 Å². The van der Waals surface area contributed by atoms with Crippen LogP contribution in [-0.2, 0) is 6.42 Å². The van der Waals surface area contributed by atoms with Gasteiger partial charge >= 0.3 is 0 Å². The van der Waals surface area contributed by atoms with Crippen molar-refractivity contribution in [3.63, 3.8) is 0 Å². The molecule has 0 saturated heterocycles. The van der Waals surface area contributed by atoms with E-state index in [0.717, 1.165) is 0 Å². The van der Waals surface area contributed by atoms with Gasteiger partial charge in [-0.05, 0) is 35.4 Å². The van der Waals surface area contributed by atoms with Crippen LogP contribution in [0.3, 0.4) is 0 Å². The lowest BCUT2D eigenvalue weighted by Gasteiger charge is -2.12. The highest BCUT2D eigenvalue weighted by Gasteiger charge is 2.12. The number of aliphatic hydroxyl groups excluding tert-OH is 1. The van der Waals surface area contributed by atoms with Crippen molar-refractivity contribution in [3.8, 4) is 0 Å². The molecule has 2 aromatic rings. The molecule has 0 bridgehead atoms. The first-order valence-electron chi connectivity index (χ1n) is 5.44. The minimum absolute atomic E-state index is 0.184. The van der Waals surface area contributed by atoms with Crippen LogP contribution in [0.25, 0.3) is 0 Å². The summed E-state index contributed by atoms with van der Waals surface area (Å²) in [5, 5.41) is 10.9. The molecule has 0 spiro atoms. The number of aliphatic hydroxyl groups is 1. The molecule has 0 saturated carbocycles. The normalized spacial score (nSPS) is 12.4. The highest BCUT2D eigenvalue weighted by molar-refractivity contribution is 6.30. The van der Waals surface area contributed by atoms with Crippen molar-refractivity contribution in [3.05, 3.63) is 69.5 Å². The summed E-state index contributed by atoms with van der Waals surface area (Å²) in [6.45, 7) is 0. The van der Waals surface area contributed by atoms with E-state index in [1.165, 1.54) is 6.07 Å². The summed E-state index contributed by atoms with van der Waals surface area (Å²) >= 11 is 11.5. The molecule has 2 aromatic carbocycles. The second kappa shape index (κ2) is 5.70. The van der Waals surface area contributed by atoms with Crippen molar-refractivity contribution in [2.24, 2.45) is 0 Å². The van der Waals surface area contributed by atoms with Crippen molar-refractivity contribution in [2.45, 2.75) is 12.5 Å². The Bertz CT molecular complexity index is 557. The summed E-state index contributed by atoms with van der Waals surface area (Å²) < 4.78 is 13.6. The fourth-order valence-corrected chi connectivity index (χ4v) is 2.08. The molecule has 4 heteroatoms. The third kappa shape index (κ3) is 3.22. The Morgan fingerprint density at radius 2 is 1.78 bits per heavy atom. The zero-order valence-corrected chi connectivity index (χ0v) is 10.9. The fourth-order valence-electron chi connectivity index (χ4n) is 1.73. The Balaban J connectivity index is 2.18. The van der Waals surface area contributed by atoms with Crippen molar-refractivity contribution in [1.29, 1.82) is 0 Å². The van der Waals surface area contributed by atoms with Crippen LogP contribution in [0, 0.1) is 5.82 Å². The van der Waals surface area contributed by atoms with Gasteiger partial charge in [0.1, 0.15) is 5.82 Å². The van der Waals surface area contributed by atoms with Gasteiger partial charge in [0.05, 0.1) is 6.10 Å². The Kier molecular flexibility index (Phi) is 4.23. The van der Waals surface area contributed by atoms with Crippen LogP contribution in [-0.4, -0.2) is 5.11 Å². The molecule has 0 fully saturated rings. The molecular formula is C14H11Cl2FO. The lowest BCUT2D eigenvalue weighted by atomic mass is 10.0. The SMILES string of the molecule is OC(Cc1ccc(Cl)cc1F)c1cccc(Cl)c1. The molecule has 1 atom stereocenters. The van der Waals surface area contributed by atoms with E-state index in [9.17, 15) is 9.50 Å². The molecule has 18 heavy (non-hydrogen) atoms. The lowest BCUT2D eigenvalue weighted by Crippen LogP contribution is -2.03. The van der Waals surface area contributed by atoms with Gasteiger partial charge in [-0.1, -0.05) is 41.4 Å². The van der Waals surface area contributed by atoms with Crippen LogP contribution in [0.1, 0.15) is 17.2 Å². The minimum Gasteiger partial charge on any atom is -0.388 e. The smallest absolute Gasteiger partial charge is 0.127 e. The van der Waals surface area contributed by atoms with Crippen LogP contribution < -0.4 is 0 Å². The molecule has 0 aliphatic rings. The number of hydrogen-bond acceptors (Lipinski definition) is 1. The molecule has 0 aliphatic carbocycles. The van der Waals surface area contributed by atoms with E-state index in [0.29, 0.717) is 21.2 Å². The topological polar surface area (TPSA) is 20.2 Å². The maximum absolute atomic E-state index is 13.6. The number of rotatable bonds is 3. The molecule has 0 aliphatic heterocycles. The second-order valence-electron chi connectivity index (χ2n) is 4.01. The second-order valence-corrected chi connectivity index (χ2v) is 4.88. The zero-order chi connectivity index (χ0) is 13.1. The Morgan fingerprint density at radius 1 is 1.06 bits per heavy atom. The van der Waals surface area contributed by atoms with Gasteiger partial charge in [-0.25, -0.2) is 4.39 Å². The molecular weight excluding hydrogens is 274 g/mol. The highest BCUT2D eigenvalue weighted by Crippen LogP contribution is 2.23. The Hall–Kier alpha value is -1.09. The highest BCUT2D eigenvalue weighted by atomic mass is 35.5. The van der Waals surface area contributed by atoms with Crippen LogP contribution >= 0.6 is 23.2 Å². The summed E-state index contributed by atoms with van der Waals surface area (Å²) in [6, 6.07) is 11.3. The van der Waals surface area contributed by atoms with Gasteiger partial charge in [0.25, 0.3) is 0 Å². The predicted octanol–water partition coefficient (Wildman–Crippen LogP) is 4.41. The molecule has 0 aromatic heterocycles. The van der Waals surface area contributed by atoms with E-state index in [4.69, 9.17) is 23.2 Å². The van der Waals surface area contributed by atoms with Gasteiger partial charge in [-0.2, -0.15) is 0 Å². The number of benzene rings is 2.